The minimum atomic E-state index is -4.42. The summed E-state index contributed by atoms with van der Waals surface area (Å²) in [6, 6.07) is 5.61. The second-order valence-corrected chi connectivity index (χ2v) is 3.94. The molecule has 0 aliphatic carbocycles. The first-order chi connectivity index (χ1) is 8.81. The Morgan fingerprint density at radius 1 is 1.32 bits per heavy atom. The van der Waals surface area contributed by atoms with Crippen LogP contribution in [0.5, 0.6) is 5.75 Å². The molecule has 0 aromatic heterocycles. The van der Waals surface area contributed by atoms with E-state index in [4.69, 9.17) is 4.74 Å². The van der Waals surface area contributed by atoms with Crippen LogP contribution in [0.2, 0.25) is 0 Å². The number of alkyl halides is 3. The summed E-state index contributed by atoms with van der Waals surface area (Å²) in [7, 11) is 1.53. The average molecular weight is 276 g/mol. The topological polar surface area (TPSA) is 50.4 Å². The lowest BCUT2D eigenvalue weighted by molar-refractivity contribution is -0.122. The van der Waals surface area contributed by atoms with Gasteiger partial charge < -0.3 is 15.4 Å². The van der Waals surface area contributed by atoms with Crippen LogP contribution in [-0.2, 0) is 0 Å². The van der Waals surface area contributed by atoms with E-state index in [1.165, 1.54) is 7.11 Å². The van der Waals surface area contributed by atoms with Crippen LogP contribution in [0.1, 0.15) is 18.5 Å². The predicted molar refractivity (Wildman–Crippen MR) is 64.0 cm³/mol. The molecule has 0 radical (unpaired) electrons. The van der Waals surface area contributed by atoms with Crippen LogP contribution in [-0.4, -0.2) is 25.9 Å². The number of rotatable bonds is 4. The van der Waals surface area contributed by atoms with E-state index < -0.39 is 24.8 Å². The Labute approximate surface area is 108 Å². The minimum Gasteiger partial charge on any atom is -0.497 e. The molecule has 0 saturated carbocycles. The van der Waals surface area contributed by atoms with Gasteiger partial charge in [-0.2, -0.15) is 13.2 Å². The lowest BCUT2D eigenvalue weighted by Crippen LogP contribution is -2.41. The van der Waals surface area contributed by atoms with Gasteiger partial charge in [-0.05, 0) is 24.6 Å². The van der Waals surface area contributed by atoms with Crippen LogP contribution in [0, 0.1) is 0 Å². The van der Waals surface area contributed by atoms with Gasteiger partial charge in [0, 0.05) is 0 Å². The van der Waals surface area contributed by atoms with Crippen LogP contribution < -0.4 is 15.4 Å². The summed E-state index contributed by atoms with van der Waals surface area (Å²) in [5.41, 5.74) is 0.767. The summed E-state index contributed by atoms with van der Waals surface area (Å²) in [4.78, 5) is 11.2. The third kappa shape index (κ3) is 5.50. The average Bonchev–Trinajstić information content (AvgIpc) is 2.35. The molecule has 2 N–H and O–H groups in total. The molecule has 106 valence electrons. The van der Waals surface area contributed by atoms with Gasteiger partial charge in [-0.15, -0.1) is 0 Å². The van der Waals surface area contributed by atoms with Crippen molar-refractivity contribution in [3.05, 3.63) is 29.8 Å². The molecule has 0 spiro atoms. The number of halogens is 3. The number of urea groups is 1. The highest BCUT2D eigenvalue weighted by atomic mass is 19.4. The third-order valence-electron chi connectivity index (χ3n) is 2.41. The molecule has 0 heterocycles. The number of carbonyl (C=O) groups excluding carboxylic acids is 1. The Morgan fingerprint density at radius 3 is 2.37 bits per heavy atom. The van der Waals surface area contributed by atoms with Crippen molar-refractivity contribution in [1.29, 1.82) is 0 Å². The Bertz CT molecular complexity index is 418. The SMILES string of the molecule is COc1ccc(C(C)NC(=O)NCC(F)(F)F)cc1. The lowest BCUT2D eigenvalue weighted by atomic mass is 10.1. The molecule has 0 aliphatic heterocycles. The number of amides is 2. The quantitative estimate of drug-likeness (QED) is 0.888. The number of methoxy groups -OCH3 is 1. The fraction of sp³-hybridized carbons (Fsp3) is 0.417. The molecule has 0 saturated heterocycles. The molecule has 1 rings (SSSR count). The van der Waals surface area contributed by atoms with Gasteiger partial charge in [0.05, 0.1) is 13.2 Å². The van der Waals surface area contributed by atoms with Gasteiger partial charge in [0.25, 0.3) is 0 Å². The molecule has 1 atom stereocenters. The van der Waals surface area contributed by atoms with Crippen LogP contribution in [0.3, 0.4) is 0 Å². The van der Waals surface area contributed by atoms with E-state index >= 15 is 0 Å². The van der Waals surface area contributed by atoms with E-state index in [0.29, 0.717) is 5.75 Å². The Kier molecular flexibility index (Phi) is 5.02. The Hall–Kier alpha value is -1.92. The maximum absolute atomic E-state index is 11.9. The van der Waals surface area contributed by atoms with Crippen molar-refractivity contribution in [1.82, 2.24) is 10.6 Å². The van der Waals surface area contributed by atoms with Crippen LogP contribution in [0.25, 0.3) is 0 Å². The van der Waals surface area contributed by atoms with Gasteiger partial charge in [-0.25, -0.2) is 4.79 Å². The molecule has 1 aromatic carbocycles. The Balaban J connectivity index is 2.49. The highest BCUT2D eigenvalue weighted by molar-refractivity contribution is 5.74. The smallest absolute Gasteiger partial charge is 0.405 e. The highest BCUT2D eigenvalue weighted by Gasteiger charge is 2.27. The van der Waals surface area contributed by atoms with E-state index in [2.05, 4.69) is 5.32 Å². The lowest BCUT2D eigenvalue weighted by Gasteiger charge is -2.16. The van der Waals surface area contributed by atoms with E-state index in [1.54, 1.807) is 36.5 Å². The number of benzene rings is 1. The van der Waals surface area contributed by atoms with Crippen molar-refractivity contribution in [2.45, 2.75) is 19.1 Å². The van der Waals surface area contributed by atoms with Crippen molar-refractivity contribution >= 4 is 6.03 Å². The van der Waals surface area contributed by atoms with E-state index in [-0.39, 0.29) is 0 Å². The first-order valence-corrected chi connectivity index (χ1v) is 5.57. The van der Waals surface area contributed by atoms with Crippen LogP contribution in [0.15, 0.2) is 24.3 Å². The fourth-order valence-corrected chi connectivity index (χ4v) is 1.40. The van der Waals surface area contributed by atoms with Crippen molar-refractivity contribution in [2.24, 2.45) is 0 Å². The number of ether oxygens (including phenoxy) is 1. The predicted octanol–water partition coefficient (Wildman–Crippen LogP) is 2.62. The van der Waals surface area contributed by atoms with E-state index in [9.17, 15) is 18.0 Å². The Morgan fingerprint density at radius 2 is 1.89 bits per heavy atom. The second kappa shape index (κ2) is 6.31. The molecule has 4 nitrogen and oxygen atoms in total. The summed E-state index contributed by atoms with van der Waals surface area (Å²) in [6.45, 7) is 0.323. The highest BCUT2D eigenvalue weighted by Crippen LogP contribution is 2.17. The number of hydrogen-bond acceptors (Lipinski definition) is 2. The molecule has 19 heavy (non-hydrogen) atoms. The largest absolute Gasteiger partial charge is 0.497 e. The molecule has 1 unspecified atom stereocenters. The number of hydrogen-bond donors (Lipinski definition) is 2. The van der Waals surface area contributed by atoms with Crippen molar-refractivity contribution in [3.63, 3.8) is 0 Å². The molecule has 2 amide bonds. The number of carbonyl (C=O) groups is 1. The molecular formula is C12H15F3N2O2. The number of nitrogens with one attached hydrogen (secondary N) is 2. The summed E-state index contributed by atoms with van der Waals surface area (Å²) >= 11 is 0. The normalized spacial score (nSPS) is 12.7. The zero-order chi connectivity index (χ0) is 14.5. The van der Waals surface area contributed by atoms with Gasteiger partial charge in [-0.1, -0.05) is 12.1 Å². The maximum Gasteiger partial charge on any atom is 0.405 e. The van der Waals surface area contributed by atoms with Gasteiger partial charge in [0.2, 0.25) is 0 Å². The van der Waals surface area contributed by atoms with E-state index in [1.807, 2.05) is 0 Å². The van der Waals surface area contributed by atoms with Gasteiger partial charge in [0.1, 0.15) is 12.3 Å². The van der Waals surface area contributed by atoms with Gasteiger partial charge in [0.15, 0.2) is 0 Å². The van der Waals surface area contributed by atoms with E-state index in [0.717, 1.165) is 5.56 Å². The molecular weight excluding hydrogens is 261 g/mol. The minimum absolute atomic E-state index is 0.404. The van der Waals surface area contributed by atoms with Gasteiger partial charge in [-0.3, -0.25) is 0 Å². The zero-order valence-corrected chi connectivity index (χ0v) is 10.5. The van der Waals surface area contributed by atoms with Crippen LogP contribution >= 0.6 is 0 Å². The zero-order valence-electron chi connectivity index (χ0n) is 10.5. The summed E-state index contributed by atoms with van der Waals surface area (Å²) in [5.74, 6) is 0.664. The molecule has 0 fully saturated rings. The summed E-state index contributed by atoms with van der Waals surface area (Å²) in [5, 5.41) is 4.16. The van der Waals surface area contributed by atoms with Crippen molar-refractivity contribution in [3.8, 4) is 5.75 Å². The fourth-order valence-electron chi connectivity index (χ4n) is 1.40. The van der Waals surface area contributed by atoms with Crippen molar-refractivity contribution in [2.75, 3.05) is 13.7 Å². The van der Waals surface area contributed by atoms with Crippen molar-refractivity contribution < 1.29 is 22.7 Å². The maximum atomic E-state index is 11.9. The third-order valence-corrected chi connectivity index (χ3v) is 2.41. The molecule has 1 aromatic rings. The second-order valence-electron chi connectivity index (χ2n) is 3.94. The summed E-state index contributed by atoms with van der Waals surface area (Å²) in [6.07, 6.45) is -4.42. The first-order valence-electron chi connectivity index (χ1n) is 5.57. The monoisotopic (exact) mass is 276 g/mol. The summed E-state index contributed by atoms with van der Waals surface area (Å²) < 4.78 is 40.7. The van der Waals surface area contributed by atoms with Crippen LogP contribution in [0.4, 0.5) is 18.0 Å². The standard InChI is InChI=1S/C12H15F3N2O2/c1-8(9-3-5-10(19-2)6-4-9)17-11(18)16-7-12(13,14)15/h3-6,8H,7H2,1-2H3,(H2,16,17,18). The molecule has 7 heteroatoms. The molecule has 0 aliphatic rings. The first kappa shape index (κ1) is 15.1. The molecule has 0 bridgehead atoms. The van der Waals surface area contributed by atoms with Gasteiger partial charge >= 0.3 is 12.2 Å².